The highest BCUT2D eigenvalue weighted by molar-refractivity contribution is 5.92. The van der Waals surface area contributed by atoms with Crippen LogP contribution in [0, 0.1) is 0 Å². The van der Waals surface area contributed by atoms with Crippen molar-refractivity contribution in [2.24, 2.45) is 5.10 Å². The lowest BCUT2D eigenvalue weighted by Gasteiger charge is -1.99. The highest BCUT2D eigenvalue weighted by atomic mass is 16.5. The minimum Gasteiger partial charge on any atom is -0.481 e. The van der Waals surface area contributed by atoms with E-state index >= 15 is 0 Å². The lowest BCUT2D eigenvalue weighted by atomic mass is 10.3. The summed E-state index contributed by atoms with van der Waals surface area (Å²) in [6, 6.07) is 10.3. The van der Waals surface area contributed by atoms with Crippen LogP contribution in [0.3, 0.4) is 0 Å². The van der Waals surface area contributed by atoms with Crippen molar-refractivity contribution in [3.05, 3.63) is 54.0 Å². The molecule has 0 spiro atoms. The van der Waals surface area contributed by atoms with Gasteiger partial charge in [0.25, 0.3) is 5.91 Å². The van der Waals surface area contributed by atoms with Gasteiger partial charge in [-0.2, -0.15) is 5.10 Å². The first-order chi connectivity index (χ1) is 9.29. The van der Waals surface area contributed by atoms with Crippen LogP contribution in [0.4, 0.5) is 0 Å². The van der Waals surface area contributed by atoms with Gasteiger partial charge in [-0.3, -0.25) is 9.78 Å². The van der Waals surface area contributed by atoms with Gasteiger partial charge in [0.15, 0.2) is 0 Å². The summed E-state index contributed by atoms with van der Waals surface area (Å²) in [5.74, 6) is 0.111. The zero-order valence-electron chi connectivity index (χ0n) is 10.3. The topological polar surface area (TPSA) is 76.5 Å². The molecule has 0 aliphatic heterocycles. The molecule has 0 atom stereocenters. The fourth-order valence-corrected chi connectivity index (χ4v) is 1.33. The number of hydrazone groups is 1. The number of methoxy groups -OCH3 is 1. The molecule has 0 saturated carbocycles. The average molecular weight is 256 g/mol. The summed E-state index contributed by atoms with van der Waals surface area (Å²) in [6.07, 6.45) is 2.98. The first-order valence-corrected chi connectivity index (χ1v) is 5.55. The first-order valence-electron chi connectivity index (χ1n) is 5.55. The van der Waals surface area contributed by atoms with Gasteiger partial charge < -0.3 is 4.74 Å². The molecule has 0 aliphatic carbocycles. The summed E-state index contributed by atoms with van der Waals surface area (Å²) in [5, 5.41) is 3.81. The van der Waals surface area contributed by atoms with E-state index in [9.17, 15) is 4.79 Å². The van der Waals surface area contributed by atoms with Gasteiger partial charge in [-0.05, 0) is 18.2 Å². The second kappa shape index (κ2) is 6.25. The van der Waals surface area contributed by atoms with Crippen LogP contribution < -0.4 is 10.2 Å². The minimum absolute atomic E-state index is 0.304. The van der Waals surface area contributed by atoms with E-state index in [1.54, 1.807) is 42.6 Å². The van der Waals surface area contributed by atoms with Crippen LogP contribution in [0.1, 0.15) is 16.2 Å². The zero-order chi connectivity index (χ0) is 13.5. The smallest absolute Gasteiger partial charge is 0.289 e. The number of carbonyl (C=O) groups is 1. The van der Waals surface area contributed by atoms with E-state index in [2.05, 4.69) is 20.5 Å². The van der Waals surface area contributed by atoms with Crippen molar-refractivity contribution >= 4 is 12.1 Å². The number of aromatic nitrogens is 2. The van der Waals surface area contributed by atoms with Crippen LogP contribution in [0.15, 0.2) is 47.7 Å². The maximum absolute atomic E-state index is 11.6. The number of carbonyl (C=O) groups excluding carboxylic acids is 1. The predicted octanol–water partition coefficient (Wildman–Crippen LogP) is 1.25. The average Bonchev–Trinajstić information content (AvgIpc) is 2.48. The van der Waals surface area contributed by atoms with Gasteiger partial charge >= 0.3 is 0 Å². The molecule has 2 aromatic rings. The molecule has 19 heavy (non-hydrogen) atoms. The Bertz CT molecular complexity index is 584. The van der Waals surface area contributed by atoms with Gasteiger partial charge in [-0.1, -0.05) is 12.1 Å². The van der Waals surface area contributed by atoms with E-state index in [-0.39, 0.29) is 5.91 Å². The largest absolute Gasteiger partial charge is 0.481 e. The SMILES string of the molecule is COc1cccc(/C=N/NC(=O)c2ccccn2)n1. The van der Waals surface area contributed by atoms with Gasteiger partial charge in [0, 0.05) is 12.3 Å². The zero-order valence-corrected chi connectivity index (χ0v) is 10.3. The number of hydrogen-bond acceptors (Lipinski definition) is 5. The number of nitrogens with one attached hydrogen (secondary N) is 1. The Morgan fingerprint density at radius 1 is 1.32 bits per heavy atom. The second-order valence-corrected chi connectivity index (χ2v) is 3.52. The van der Waals surface area contributed by atoms with Crippen molar-refractivity contribution in [3.8, 4) is 5.88 Å². The van der Waals surface area contributed by atoms with Crippen molar-refractivity contribution in [1.82, 2.24) is 15.4 Å². The van der Waals surface area contributed by atoms with Crippen molar-refractivity contribution in [1.29, 1.82) is 0 Å². The molecule has 6 nitrogen and oxygen atoms in total. The Morgan fingerprint density at radius 2 is 2.21 bits per heavy atom. The fraction of sp³-hybridized carbons (Fsp3) is 0.0769. The van der Waals surface area contributed by atoms with Gasteiger partial charge in [0.2, 0.25) is 5.88 Å². The van der Waals surface area contributed by atoms with Crippen LogP contribution in [0.5, 0.6) is 5.88 Å². The maximum atomic E-state index is 11.6. The third-order valence-corrected chi connectivity index (χ3v) is 2.21. The second-order valence-electron chi connectivity index (χ2n) is 3.52. The Hall–Kier alpha value is -2.76. The quantitative estimate of drug-likeness (QED) is 0.659. The Morgan fingerprint density at radius 3 is 2.95 bits per heavy atom. The fourth-order valence-electron chi connectivity index (χ4n) is 1.33. The van der Waals surface area contributed by atoms with E-state index in [0.717, 1.165) is 0 Å². The minimum atomic E-state index is -0.375. The molecule has 0 fully saturated rings. The molecule has 0 saturated heterocycles. The Balaban J connectivity index is 1.98. The Labute approximate surface area is 110 Å². The van der Waals surface area contributed by atoms with E-state index in [1.807, 2.05) is 0 Å². The summed E-state index contributed by atoms with van der Waals surface area (Å²) in [4.78, 5) is 19.7. The summed E-state index contributed by atoms with van der Waals surface area (Å²) < 4.78 is 4.98. The summed E-state index contributed by atoms with van der Waals surface area (Å²) in [7, 11) is 1.53. The van der Waals surface area contributed by atoms with E-state index in [0.29, 0.717) is 17.3 Å². The third kappa shape index (κ3) is 3.60. The number of ether oxygens (including phenoxy) is 1. The van der Waals surface area contributed by atoms with Crippen LogP contribution in [0.25, 0.3) is 0 Å². The van der Waals surface area contributed by atoms with E-state index in [1.165, 1.54) is 13.3 Å². The van der Waals surface area contributed by atoms with Gasteiger partial charge in [0.1, 0.15) is 5.69 Å². The molecule has 1 amide bonds. The van der Waals surface area contributed by atoms with Crippen molar-refractivity contribution < 1.29 is 9.53 Å². The number of hydrogen-bond donors (Lipinski definition) is 1. The third-order valence-electron chi connectivity index (χ3n) is 2.21. The summed E-state index contributed by atoms with van der Waals surface area (Å²) >= 11 is 0. The number of pyridine rings is 2. The summed E-state index contributed by atoms with van der Waals surface area (Å²) in [6.45, 7) is 0. The normalized spacial score (nSPS) is 10.4. The maximum Gasteiger partial charge on any atom is 0.289 e. The van der Waals surface area contributed by atoms with E-state index in [4.69, 9.17) is 4.74 Å². The predicted molar refractivity (Wildman–Crippen MR) is 70.1 cm³/mol. The monoisotopic (exact) mass is 256 g/mol. The standard InChI is InChI=1S/C13H12N4O2/c1-19-12-7-4-5-10(16-12)9-15-17-13(18)11-6-2-3-8-14-11/h2-9H,1H3,(H,17,18)/b15-9+. The van der Waals surface area contributed by atoms with Crippen LogP contribution in [-0.2, 0) is 0 Å². The lowest BCUT2D eigenvalue weighted by Crippen LogP contribution is -2.18. The van der Waals surface area contributed by atoms with Crippen LogP contribution in [-0.4, -0.2) is 29.2 Å². The molecule has 0 bridgehead atoms. The molecule has 6 heteroatoms. The molecule has 1 N–H and O–H groups in total. The van der Waals surface area contributed by atoms with E-state index < -0.39 is 0 Å². The highest BCUT2D eigenvalue weighted by Crippen LogP contribution is 2.04. The molecule has 0 aromatic carbocycles. The molecule has 2 heterocycles. The molecule has 96 valence electrons. The molecule has 0 aliphatic rings. The molecule has 0 unspecified atom stereocenters. The molecule has 2 aromatic heterocycles. The molecule has 0 radical (unpaired) electrons. The molecular weight excluding hydrogens is 244 g/mol. The highest BCUT2D eigenvalue weighted by Gasteiger charge is 2.03. The Kier molecular flexibility index (Phi) is 4.17. The van der Waals surface area contributed by atoms with Crippen molar-refractivity contribution in [3.63, 3.8) is 0 Å². The first kappa shape index (κ1) is 12.7. The summed E-state index contributed by atoms with van der Waals surface area (Å²) in [5.41, 5.74) is 3.26. The number of amides is 1. The van der Waals surface area contributed by atoms with Gasteiger partial charge in [-0.15, -0.1) is 0 Å². The van der Waals surface area contributed by atoms with Gasteiger partial charge in [-0.25, -0.2) is 10.4 Å². The molecule has 2 rings (SSSR count). The number of nitrogens with zero attached hydrogens (tertiary/aromatic N) is 3. The lowest BCUT2D eigenvalue weighted by molar-refractivity contribution is 0.0950. The van der Waals surface area contributed by atoms with Gasteiger partial charge in [0.05, 0.1) is 19.0 Å². The van der Waals surface area contributed by atoms with Crippen molar-refractivity contribution in [2.45, 2.75) is 0 Å². The number of rotatable bonds is 4. The van der Waals surface area contributed by atoms with Crippen LogP contribution in [0.2, 0.25) is 0 Å². The van der Waals surface area contributed by atoms with Crippen LogP contribution >= 0.6 is 0 Å². The van der Waals surface area contributed by atoms with Crippen molar-refractivity contribution in [2.75, 3.05) is 7.11 Å². The molecular formula is C13H12N4O2.